The fourth-order valence-electron chi connectivity index (χ4n) is 4.02. The first-order chi connectivity index (χ1) is 15.8. The van der Waals surface area contributed by atoms with Crippen LogP contribution in [-0.2, 0) is 24.2 Å². The number of carbonyl (C=O) groups excluding carboxylic acids is 1. The molecule has 0 atom stereocenters. The van der Waals surface area contributed by atoms with E-state index in [-0.39, 0.29) is 37.4 Å². The van der Waals surface area contributed by atoms with Crippen molar-refractivity contribution in [2.24, 2.45) is 17.4 Å². The molecule has 0 amide bonds. The van der Waals surface area contributed by atoms with Gasteiger partial charge in [0, 0.05) is 30.0 Å². The Kier molecular flexibility index (Phi) is 12.1. The van der Waals surface area contributed by atoms with Crippen LogP contribution in [0, 0.1) is 12.8 Å². The van der Waals surface area contributed by atoms with Crippen molar-refractivity contribution in [1.29, 1.82) is 0 Å². The first kappa shape index (κ1) is 30.3. The molecule has 0 spiro atoms. The zero-order valence-electron chi connectivity index (χ0n) is 20.5. The van der Waals surface area contributed by atoms with Gasteiger partial charge in [0.15, 0.2) is 0 Å². The lowest BCUT2D eigenvalue weighted by molar-refractivity contribution is 0.0557. The van der Waals surface area contributed by atoms with Crippen LogP contribution in [0.2, 0.25) is 0 Å². The number of hydrogen-bond acceptors (Lipinski definition) is 5. The van der Waals surface area contributed by atoms with E-state index in [4.69, 9.17) is 21.2 Å². The summed E-state index contributed by atoms with van der Waals surface area (Å²) >= 11 is 0. The van der Waals surface area contributed by atoms with Crippen LogP contribution in [0.1, 0.15) is 52.3 Å². The van der Waals surface area contributed by atoms with Crippen molar-refractivity contribution in [3.05, 3.63) is 94.8 Å². The molecule has 4 N–H and O–H groups in total. The van der Waals surface area contributed by atoms with Gasteiger partial charge < -0.3 is 16.2 Å². The molecule has 0 unspecified atom stereocenters. The van der Waals surface area contributed by atoms with E-state index < -0.39 is 0 Å². The summed E-state index contributed by atoms with van der Waals surface area (Å²) in [6, 6.07) is 17.1. The molecule has 0 saturated heterocycles. The predicted octanol–water partition coefficient (Wildman–Crippen LogP) is 5.89. The maximum absolute atomic E-state index is 12.5. The largest absolute Gasteiger partial charge is 0.457 e. The average Bonchev–Trinajstić information content (AvgIpc) is 2.82. The van der Waals surface area contributed by atoms with Gasteiger partial charge in [-0.3, -0.25) is 4.98 Å². The molecule has 5 nitrogen and oxygen atoms in total. The molecular weight excluding hydrogens is 481 g/mol. The van der Waals surface area contributed by atoms with Crippen LogP contribution in [0.15, 0.2) is 61.2 Å². The van der Waals surface area contributed by atoms with Crippen molar-refractivity contribution in [3.63, 3.8) is 0 Å². The number of hydrogen-bond donors (Lipinski definition) is 2. The van der Waals surface area contributed by atoms with Gasteiger partial charge in [-0.2, -0.15) is 0 Å². The van der Waals surface area contributed by atoms with Crippen LogP contribution in [0.4, 0.5) is 0 Å². The average molecular weight is 517 g/mol. The zero-order valence-corrected chi connectivity index (χ0v) is 22.2. The van der Waals surface area contributed by atoms with Gasteiger partial charge in [0.05, 0.1) is 5.56 Å². The molecule has 0 bridgehead atoms. The highest BCUT2D eigenvalue weighted by molar-refractivity contribution is 5.91. The third kappa shape index (κ3) is 7.39. The quantitative estimate of drug-likeness (QED) is 0.346. The molecule has 0 aliphatic heterocycles. The van der Waals surface area contributed by atoms with E-state index in [1.807, 2.05) is 37.3 Å². The highest BCUT2D eigenvalue weighted by atomic mass is 35.5. The maximum atomic E-state index is 12.5. The van der Waals surface area contributed by atoms with Crippen LogP contribution >= 0.6 is 24.8 Å². The van der Waals surface area contributed by atoms with Crippen molar-refractivity contribution in [2.75, 3.05) is 6.61 Å². The molecule has 0 saturated carbocycles. The minimum atomic E-state index is -0.383. The number of nitrogens with two attached hydrogens (primary N) is 2. The Hall–Kier alpha value is -2.70. The number of aryl methyl sites for hydroxylation is 1. The van der Waals surface area contributed by atoms with E-state index in [1.54, 1.807) is 12.1 Å². The zero-order chi connectivity index (χ0) is 24.0. The van der Waals surface area contributed by atoms with E-state index in [0.29, 0.717) is 30.1 Å². The lowest BCUT2D eigenvalue weighted by atomic mass is 9.87. The first-order valence-electron chi connectivity index (χ1n) is 11.3. The van der Waals surface area contributed by atoms with Gasteiger partial charge in [0.2, 0.25) is 0 Å². The van der Waals surface area contributed by atoms with E-state index in [1.165, 1.54) is 0 Å². The standard InChI is InChI=1S/C28H33N3O2.2ClH/c1-18(2)14-25-24(16-30)27(22-12-10-21(15-29)11-13-22)26(20(4)31-25)19(3)17-33-28(32)23-8-6-5-7-9-23;;/h5-13,18H,3,14-17,29-30H2,1-2,4H3;2*1H. The topological polar surface area (TPSA) is 91.2 Å². The van der Waals surface area contributed by atoms with E-state index in [9.17, 15) is 4.79 Å². The molecule has 0 aliphatic rings. The number of nitrogens with zero attached hydrogens (tertiary/aromatic N) is 1. The summed E-state index contributed by atoms with van der Waals surface area (Å²) in [5.74, 6) is 0.0576. The van der Waals surface area contributed by atoms with Crippen LogP contribution in [0.3, 0.4) is 0 Å². The number of halogens is 2. The second kappa shape index (κ2) is 14.0. The number of rotatable bonds is 9. The second-order valence-corrected chi connectivity index (χ2v) is 8.62. The normalized spacial score (nSPS) is 10.3. The van der Waals surface area contributed by atoms with E-state index >= 15 is 0 Å². The summed E-state index contributed by atoms with van der Waals surface area (Å²) in [4.78, 5) is 17.4. The summed E-state index contributed by atoms with van der Waals surface area (Å²) in [5.41, 5.74) is 20.1. The molecule has 3 aromatic rings. The number of benzene rings is 2. The van der Waals surface area contributed by atoms with Gasteiger partial charge in [-0.25, -0.2) is 4.79 Å². The third-order valence-corrected chi connectivity index (χ3v) is 5.59. The molecule has 0 radical (unpaired) electrons. The van der Waals surface area contributed by atoms with E-state index in [0.717, 1.165) is 45.6 Å². The summed E-state index contributed by atoms with van der Waals surface area (Å²) in [7, 11) is 0. The molecule has 2 aromatic carbocycles. The lowest BCUT2D eigenvalue weighted by Gasteiger charge is -2.22. The summed E-state index contributed by atoms with van der Waals surface area (Å²) in [6.45, 7) is 11.5. The molecular formula is C28H35Cl2N3O2. The Labute approximate surface area is 220 Å². The minimum Gasteiger partial charge on any atom is -0.457 e. The van der Waals surface area contributed by atoms with Crippen molar-refractivity contribution in [3.8, 4) is 11.1 Å². The molecule has 3 rings (SSSR count). The molecule has 1 heterocycles. The summed E-state index contributed by atoms with van der Waals surface area (Å²) < 4.78 is 5.58. The minimum absolute atomic E-state index is 0. The highest BCUT2D eigenvalue weighted by Gasteiger charge is 2.21. The Balaban J connectivity index is 0.00000306. The molecule has 0 aliphatic carbocycles. The van der Waals surface area contributed by atoms with Gasteiger partial charge in [-0.15, -0.1) is 24.8 Å². The second-order valence-electron chi connectivity index (χ2n) is 8.62. The predicted molar refractivity (Wildman–Crippen MR) is 149 cm³/mol. The fourth-order valence-corrected chi connectivity index (χ4v) is 4.02. The molecule has 35 heavy (non-hydrogen) atoms. The van der Waals surface area contributed by atoms with Crippen molar-refractivity contribution in [2.45, 2.75) is 40.3 Å². The van der Waals surface area contributed by atoms with Gasteiger partial charge in [0.25, 0.3) is 0 Å². The smallest absolute Gasteiger partial charge is 0.338 e. The Morgan fingerprint density at radius 2 is 1.63 bits per heavy atom. The van der Waals surface area contributed by atoms with Gasteiger partial charge in [-0.1, -0.05) is 62.9 Å². The van der Waals surface area contributed by atoms with Gasteiger partial charge >= 0.3 is 5.97 Å². The van der Waals surface area contributed by atoms with Crippen LogP contribution in [0.25, 0.3) is 16.7 Å². The van der Waals surface area contributed by atoms with Crippen molar-refractivity contribution < 1.29 is 9.53 Å². The number of pyridine rings is 1. The van der Waals surface area contributed by atoms with Crippen LogP contribution in [-0.4, -0.2) is 17.6 Å². The van der Waals surface area contributed by atoms with Crippen LogP contribution < -0.4 is 11.5 Å². The summed E-state index contributed by atoms with van der Waals surface area (Å²) in [5, 5.41) is 0. The first-order valence-corrected chi connectivity index (χ1v) is 11.3. The molecule has 0 fully saturated rings. The monoisotopic (exact) mass is 515 g/mol. The van der Waals surface area contributed by atoms with Crippen molar-refractivity contribution in [1.82, 2.24) is 4.98 Å². The third-order valence-electron chi connectivity index (χ3n) is 5.59. The van der Waals surface area contributed by atoms with Gasteiger partial charge in [0.1, 0.15) is 6.61 Å². The number of esters is 1. The maximum Gasteiger partial charge on any atom is 0.338 e. The Morgan fingerprint density at radius 3 is 2.17 bits per heavy atom. The Bertz CT molecular complexity index is 1130. The lowest BCUT2D eigenvalue weighted by Crippen LogP contribution is -2.14. The molecule has 1 aromatic heterocycles. The number of carbonyl (C=O) groups is 1. The molecule has 7 heteroatoms. The Morgan fingerprint density at radius 1 is 1.00 bits per heavy atom. The number of aromatic nitrogens is 1. The van der Waals surface area contributed by atoms with Crippen molar-refractivity contribution >= 4 is 36.4 Å². The van der Waals surface area contributed by atoms with E-state index in [2.05, 4.69) is 32.6 Å². The molecule has 188 valence electrons. The number of ether oxygens (including phenoxy) is 1. The van der Waals surface area contributed by atoms with Crippen LogP contribution in [0.5, 0.6) is 0 Å². The SMILES string of the molecule is C=C(COC(=O)c1ccccc1)c1c(C)nc(CC(C)C)c(CN)c1-c1ccc(CN)cc1.Cl.Cl. The fraction of sp³-hybridized carbons (Fsp3) is 0.286. The van der Waals surface area contributed by atoms with Gasteiger partial charge in [-0.05, 0) is 59.2 Å². The summed E-state index contributed by atoms with van der Waals surface area (Å²) in [6.07, 6.45) is 0.830. The highest BCUT2D eigenvalue weighted by Crippen LogP contribution is 2.36.